The molecule has 4 nitrogen and oxygen atoms in total. The van der Waals surface area contributed by atoms with Gasteiger partial charge in [-0.1, -0.05) is 0 Å². The molecule has 1 aromatic carbocycles. The average molecular weight is 327 g/mol. The average Bonchev–Trinajstić information content (AvgIpc) is 2.93. The predicted octanol–water partition coefficient (Wildman–Crippen LogP) is 3.50. The molecule has 1 atom stereocenters. The van der Waals surface area contributed by atoms with Crippen LogP contribution in [0.4, 0.5) is 0 Å². The smallest absolute Gasteiger partial charge is 0.337 e. The minimum Gasteiger partial charge on any atom is -0.465 e. The first-order valence-electron chi connectivity index (χ1n) is 8.95. The Balaban J connectivity index is 1.72. The second-order valence-corrected chi connectivity index (χ2v) is 7.16. The summed E-state index contributed by atoms with van der Waals surface area (Å²) in [6.45, 7) is 1.83. The number of esters is 1. The van der Waals surface area contributed by atoms with Crippen molar-refractivity contribution in [3.8, 4) is 0 Å². The number of aromatic nitrogens is 1. The van der Waals surface area contributed by atoms with Gasteiger partial charge in [0.15, 0.2) is 0 Å². The Hall–Kier alpha value is -1.81. The fourth-order valence-corrected chi connectivity index (χ4v) is 4.64. The Morgan fingerprint density at radius 2 is 2.00 bits per heavy atom. The summed E-state index contributed by atoms with van der Waals surface area (Å²) in [6, 6.07) is 5.95. The third-order valence-electron chi connectivity index (χ3n) is 6.01. The topological polar surface area (TPSA) is 40.5 Å². The number of hydrogen-bond donors (Lipinski definition) is 0. The van der Waals surface area contributed by atoms with Gasteiger partial charge in [0.05, 0.1) is 12.7 Å². The van der Waals surface area contributed by atoms with Crippen LogP contribution in [0.3, 0.4) is 0 Å². The van der Waals surface area contributed by atoms with Crippen molar-refractivity contribution < 1.29 is 14.3 Å². The summed E-state index contributed by atoms with van der Waals surface area (Å²) in [5, 5.41) is 1.23. The molecule has 1 aromatic heterocycles. The fraction of sp³-hybridized carbons (Fsp3) is 0.550. The van der Waals surface area contributed by atoms with Gasteiger partial charge in [0, 0.05) is 36.9 Å². The van der Waals surface area contributed by atoms with E-state index in [2.05, 4.69) is 17.7 Å². The summed E-state index contributed by atoms with van der Waals surface area (Å²) in [5.74, 6) is 1.27. The maximum absolute atomic E-state index is 11.9. The molecule has 0 unspecified atom stereocenters. The number of rotatable bonds is 2. The molecular formula is C20H25NO3. The molecule has 2 aliphatic rings. The lowest BCUT2D eigenvalue weighted by Crippen LogP contribution is -2.28. The van der Waals surface area contributed by atoms with Crippen LogP contribution in [0.25, 0.3) is 10.9 Å². The number of hydrogen-bond acceptors (Lipinski definition) is 3. The minimum atomic E-state index is -0.258. The monoisotopic (exact) mass is 327 g/mol. The van der Waals surface area contributed by atoms with Gasteiger partial charge in [-0.2, -0.15) is 0 Å². The highest BCUT2D eigenvalue weighted by Gasteiger charge is 2.30. The summed E-state index contributed by atoms with van der Waals surface area (Å²) in [7, 11) is 3.59. The Morgan fingerprint density at radius 1 is 1.21 bits per heavy atom. The first-order chi connectivity index (χ1) is 11.7. The molecule has 0 spiro atoms. The zero-order chi connectivity index (χ0) is 16.7. The number of carbonyl (C=O) groups excluding carboxylic acids is 1. The lowest BCUT2D eigenvalue weighted by molar-refractivity contribution is 0.0439. The molecule has 0 radical (unpaired) electrons. The van der Waals surface area contributed by atoms with Crippen LogP contribution < -0.4 is 0 Å². The predicted molar refractivity (Wildman–Crippen MR) is 93.3 cm³/mol. The van der Waals surface area contributed by atoms with Crippen molar-refractivity contribution >= 4 is 16.9 Å². The minimum absolute atomic E-state index is 0.258. The molecule has 1 aliphatic carbocycles. The van der Waals surface area contributed by atoms with E-state index in [-0.39, 0.29) is 5.97 Å². The third-order valence-corrected chi connectivity index (χ3v) is 6.01. The molecule has 0 amide bonds. The van der Waals surface area contributed by atoms with E-state index in [9.17, 15) is 4.79 Å². The van der Waals surface area contributed by atoms with Gasteiger partial charge in [-0.25, -0.2) is 4.79 Å². The number of methoxy groups -OCH3 is 1. The number of ether oxygens (including phenoxy) is 2. The zero-order valence-electron chi connectivity index (χ0n) is 14.5. The van der Waals surface area contributed by atoms with Crippen molar-refractivity contribution in [2.75, 3.05) is 20.3 Å². The van der Waals surface area contributed by atoms with Crippen molar-refractivity contribution in [3.63, 3.8) is 0 Å². The Morgan fingerprint density at radius 3 is 2.75 bits per heavy atom. The van der Waals surface area contributed by atoms with Gasteiger partial charge < -0.3 is 14.0 Å². The summed E-state index contributed by atoms with van der Waals surface area (Å²) in [6.07, 6.45) is 5.92. The maximum Gasteiger partial charge on any atom is 0.337 e. The second kappa shape index (κ2) is 6.25. The van der Waals surface area contributed by atoms with Crippen molar-refractivity contribution in [1.82, 2.24) is 4.57 Å². The van der Waals surface area contributed by atoms with Crippen LogP contribution in [0.1, 0.15) is 40.9 Å². The zero-order valence-corrected chi connectivity index (χ0v) is 14.5. The van der Waals surface area contributed by atoms with E-state index in [0.717, 1.165) is 37.9 Å². The Bertz CT molecular complexity index is 771. The molecule has 1 saturated heterocycles. The molecule has 1 fully saturated rings. The molecule has 0 bridgehead atoms. The van der Waals surface area contributed by atoms with Crippen LogP contribution in [0.5, 0.6) is 0 Å². The van der Waals surface area contributed by atoms with Gasteiger partial charge in [0.1, 0.15) is 0 Å². The van der Waals surface area contributed by atoms with E-state index >= 15 is 0 Å². The molecule has 4 rings (SSSR count). The summed E-state index contributed by atoms with van der Waals surface area (Å²) < 4.78 is 12.7. The van der Waals surface area contributed by atoms with Crippen molar-refractivity contribution in [1.29, 1.82) is 0 Å². The van der Waals surface area contributed by atoms with Crippen LogP contribution in [0, 0.1) is 11.8 Å². The molecular weight excluding hydrogens is 302 g/mol. The van der Waals surface area contributed by atoms with E-state index in [1.165, 1.54) is 48.5 Å². The van der Waals surface area contributed by atoms with E-state index in [0.29, 0.717) is 5.56 Å². The summed E-state index contributed by atoms with van der Waals surface area (Å²) in [4.78, 5) is 11.9. The molecule has 2 aromatic rings. The van der Waals surface area contributed by atoms with Crippen LogP contribution in [-0.4, -0.2) is 30.9 Å². The van der Waals surface area contributed by atoms with Gasteiger partial charge in [0.25, 0.3) is 0 Å². The molecule has 24 heavy (non-hydrogen) atoms. The van der Waals surface area contributed by atoms with E-state index < -0.39 is 0 Å². The Labute approximate surface area is 142 Å². The molecule has 0 N–H and O–H groups in total. The lowest BCUT2D eigenvalue weighted by Gasteiger charge is -2.33. The largest absolute Gasteiger partial charge is 0.465 e. The SMILES string of the molecule is COC(=O)c1ccc2c(c1)c1c(n2C)CC[C@@H](C2CCOCC2)C1. The van der Waals surface area contributed by atoms with Crippen LogP contribution in [0.2, 0.25) is 0 Å². The third kappa shape index (κ3) is 2.53. The molecule has 2 heterocycles. The number of carbonyl (C=O) groups is 1. The number of fused-ring (bicyclic) bond motifs is 3. The summed E-state index contributed by atoms with van der Waals surface area (Å²) in [5.41, 5.74) is 4.75. The highest BCUT2D eigenvalue weighted by atomic mass is 16.5. The van der Waals surface area contributed by atoms with Crippen LogP contribution in [-0.2, 0) is 29.4 Å². The van der Waals surface area contributed by atoms with E-state index in [1.807, 2.05) is 12.1 Å². The van der Waals surface area contributed by atoms with E-state index in [1.54, 1.807) is 0 Å². The number of benzene rings is 1. The van der Waals surface area contributed by atoms with Gasteiger partial charge in [0.2, 0.25) is 0 Å². The number of nitrogens with zero attached hydrogens (tertiary/aromatic N) is 1. The summed E-state index contributed by atoms with van der Waals surface area (Å²) >= 11 is 0. The van der Waals surface area contributed by atoms with Crippen LogP contribution >= 0.6 is 0 Å². The van der Waals surface area contributed by atoms with Gasteiger partial charge in [-0.3, -0.25) is 0 Å². The van der Waals surface area contributed by atoms with Crippen molar-refractivity contribution in [2.24, 2.45) is 18.9 Å². The molecule has 0 saturated carbocycles. The Kier molecular flexibility index (Phi) is 4.09. The molecule has 128 valence electrons. The first kappa shape index (κ1) is 15.7. The fourth-order valence-electron chi connectivity index (χ4n) is 4.64. The normalized spacial score (nSPS) is 21.7. The van der Waals surface area contributed by atoms with E-state index in [4.69, 9.17) is 9.47 Å². The first-order valence-corrected chi connectivity index (χ1v) is 8.95. The van der Waals surface area contributed by atoms with Crippen molar-refractivity contribution in [2.45, 2.75) is 32.1 Å². The highest BCUT2D eigenvalue weighted by Crippen LogP contribution is 2.39. The van der Waals surface area contributed by atoms with Crippen LogP contribution in [0.15, 0.2) is 18.2 Å². The molecule has 1 aliphatic heterocycles. The molecule has 4 heteroatoms. The van der Waals surface area contributed by atoms with Gasteiger partial charge >= 0.3 is 5.97 Å². The van der Waals surface area contributed by atoms with Crippen molar-refractivity contribution in [3.05, 3.63) is 35.0 Å². The van der Waals surface area contributed by atoms with Gasteiger partial charge in [-0.05, 0) is 67.7 Å². The maximum atomic E-state index is 11.9. The standard InChI is InChI=1S/C20H25NO3/c1-21-18-5-3-14(13-7-9-24-10-8-13)11-16(18)17-12-15(20(22)23-2)4-6-19(17)21/h4,6,12-14H,3,5,7-11H2,1-2H3/t14-/m1/s1. The quantitative estimate of drug-likeness (QED) is 0.793. The van der Waals surface area contributed by atoms with Gasteiger partial charge in [-0.15, -0.1) is 0 Å². The highest BCUT2D eigenvalue weighted by molar-refractivity contribution is 5.96. The second-order valence-electron chi connectivity index (χ2n) is 7.16. The lowest BCUT2D eigenvalue weighted by atomic mass is 9.75. The number of aryl methyl sites for hydroxylation is 1.